The van der Waals surface area contributed by atoms with Gasteiger partial charge in [-0.1, -0.05) is 97.5 Å². The monoisotopic (exact) mass is 1520 g/mol. The Hall–Kier alpha value is -10.8. The predicted molar refractivity (Wildman–Crippen MR) is 390 cm³/mol. The highest BCUT2D eigenvalue weighted by molar-refractivity contribution is 6.13. The average Bonchev–Trinajstić information content (AvgIpc) is 1.07. The fraction of sp³-hybridized carbons (Fsp3) is 0.562. The summed E-state index contributed by atoms with van der Waals surface area (Å²) in [5.41, 5.74) is 5.98. The summed E-state index contributed by atoms with van der Waals surface area (Å²) < 4.78 is 33.4. The molecule has 35 nitrogen and oxygen atoms in total. The fourth-order valence-electron chi connectivity index (χ4n) is 10.5. The largest absolute Gasteiger partial charge is 0.508 e. The van der Waals surface area contributed by atoms with Crippen LogP contribution in [0.1, 0.15) is 126 Å². The van der Waals surface area contributed by atoms with Crippen molar-refractivity contribution in [1.82, 2.24) is 57.2 Å². The first-order chi connectivity index (χ1) is 50.7. The van der Waals surface area contributed by atoms with Gasteiger partial charge < -0.3 is 91.8 Å². The van der Waals surface area contributed by atoms with Crippen LogP contribution >= 0.6 is 0 Å². The van der Waals surface area contributed by atoms with Crippen molar-refractivity contribution >= 4 is 101 Å². The van der Waals surface area contributed by atoms with Crippen LogP contribution in [0.5, 0.6) is 0 Å². The minimum atomic E-state index is -1.73. The second-order valence-corrected chi connectivity index (χ2v) is 26.8. The minimum Gasteiger partial charge on any atom is -0.460 e. The van der Waals surface area contributed by atoms with E-state index in [9.17, 15) is 76.7 Å². The Morgan fingerprint density at radius 3 is 1.81 bits per heavy atom. The van der Waals surface area contributed by atoms with Crippen LogP contribution in [-0.4, -0.2) is 230 Å². The summed E-state index contributed by atoms with van der Waals surface area (Å²) >= 11 is 0. The van der Waals surface area contributed by atoms with E-state index in [2.05, 4.69) is 54.4 Å². The zero-order valence-corrected chi connectivity index (χ0v) is 64.2. The molecule has 0 aromatic heterocycles. The van der Waals surface area contributed by atoms with E-state index in [0.717, 1.165) is 40.8 Å². The van der Waals surface area contributed by atoms with E-state index in [1.807, 2.05) is 13.8 Å². The molecule has 1 aliphatic heterocycles. The van der Waals surface area contributed by atoms with Crippen molar-refractivity contribution in [2.24, 2.45) is 23.5 Å². The first-order valence-electron chi connectivity index (χ1n) is 35.4. The first kappa shape index (κ1) is 91.4. The number of rotatable bonds is 44. The van der Waals surface area contributed by atoms with Crippen molar-refractivity contribution in [2.75, 3.05) is 53.2 Å². The van der Waals surface area contributed by atoms with Gasteiger partial charge in [-0.05, 0) is 81.5 Å². The number of carbonyl (C=O) groups is 16. The summed E-state index contributed by atoms with van der Waals surface area (Å²) in [4.78, 5) is 215. The van der Waals surface area contributed by atoms with Crippen LogP contribution in [0.4, 0.5) is 15.3 Å². The fourth-order valence-corrected chi connectivity index (χ4v) is 10.5. The van der Waals surface area contributed by atoms with Crippen molar-refractivity contribution < 1.29 is 105 Å². The van der Waals surface area contributed by atoms with Crippen LogP contribution in [0, 0.1) is 17.8 Å². The SMILES string of the molecule is C=C(C(=O)N[C@@H](C)C(=O)N(C)[C@@H](C)C(=O)N[C@H](C(=O)NC)[C@H](OC(=O)[C@@H](NC(=O)CC)[C@H](OC(=O)OCc1ccc(NC(=O)[C@H](CCCNC(N)=O)NC[C@@H](NC(=O)CCN2C(=O)C=CC2=O)C(C)C)cc1)C(C)C)C(C)C)N(C)C(=O)[C@@H](Cc1ccccc1)OC(=O)[C@@H](NC(C)=O)[C@@H](C)OC(=O)C[C@@H](C)OC. The number of hydrogen-bond donors (Lipinski definition) is 10. The number of likely N-dealkylation sites (N-methyl/N-ethyl adjacent to an activating group) is 3. The summed E-state index contributed by atoms with van der Waals surface area (Å²) in [6, 6.07) is 4.58. The smallest absolute Gasteiger partial charge is 0.460 e. The predicted octanol–water partition coefficient (Wildman–Crippen LogP) is 1.20. The average molecular weight is 1520 g/mol. The number of imide groups is 1. The van der Waals surface area contributed by atoms with Crippen LogP contribution in [0.15, 0.2) is 79.0 Å². The number of hydrogen-bond acceptors (Lipinski definition) is 23. The second-order valence-electron chi connectivity index (χ2n) is 26.8. The third-order valence-electron chi connectivity index (χ3n) is 17.3. The van der Waals surface area contributed by atoms with Crippen LogP contribution in [0.2, 0.25) is 0 Å². The molecule has 1 heterocycles. The van der Waals surface area contributed by atoms with Gasteiger partial charge in [0.15, 0.2) is 18.2 Å². The summed E-state index contributed by atoms with van der Waals surface area (Å²) in [5, 5.41) is 23.7. The molecule has 0 saturated carbocycles. The zero-order valence-electron chi connectivity index (χ0n) is 64.2. The number of anilines is 1. The first-order valence-corrected chi connectivity index (χ1v) is 35.4. The number of amides is 13. The van der Waals surface area contributed by atoms with Crippen molar-refractivity contribution in [2.45, 2.75) is 201 Å². The Labute approximate surface area is 628 Å². The number of nitrogens with two attached hydrogens (primary N) is 1. The molecule has 0 aliphatic carbocycles. The highest BCUT2D eigenvalue weighted by Crippen LogP contribution is 2.22. The second kappa shape index (κ2) is 45.0. The molecule has 0 fully saturated rings. The molecule has 1 aliphatic rings. The Morgan fingerprint density at radius 1 is 0.648 bits per heavy atom. The van der Waals surface area contributed by atoms with E-state index in [1.165, 1.54) is 61.0 Å². The van der Waals surface area contributed by atoms with Crippen molar-refractivity contribution in [3.05, 3.63) is 90.2 Å². The molecule has 3 rings (SSSR count). The van der Waals surface area contributed by atoms with Crippen LogP contribution in [-0.2, 0) is 109 Å². The van der Waals surface area contributed by atoms with E-state index < -0.39 is 185 Å². The standard InChI is InChI=1S/C73H107N13O22/c1-18-54(88)82-61(63(41(6)7)108-73(102)104-38-49-26-28-50(29-27-49)80-66(95)51(25-22-33-76-72(74)101)77-37-52(39(2)3)81-55(89)32-34-86-56(90)30-31-57(86)91)71(100)107-62(40(4)5)60(67(96)75-14)83-65(94)45(11)84(15)68(97)43(9)78-64(93)44(10)85(16)69(98)53(36-48-23-20-19-21-24-48)106-70(99)59(79-47(13)87)46(12)105-58(92)35-42(8)103-17/h19-21,23-24,26-31,39-43,45-46,51-53,59-63,77H,10,18,22,25,32-38H2,1-9,11-17H3,(H,75,96)(H,78,93)(H,79,87)(H,80,95)(H,81,89)(H,82,88)(H,83,94)(H3,74,76,101)/t42-,43+,45+,46-,51+,52-,53-,59+,60+,61+,62-,63-/m1/s1. The van der Waals surface area contributed by atoms with Gasteiger partial charge in [0.05, 0.1) is 18.6 Å². The number of primary amides is 1. The topological polar surface area (TPSA) is 473 Å². The molecule has 0 spiro atoms. The highest BCUT2D eigenvalue weighted by Gasteiger charge is 2.43. The molecule has 11 N–H and O–H groups in total. The molecule has 2 aromatic rings. The Morgan fingerprint density at radius 2 is 1.25 bits per heavy atom. The number of urea groups is 1. The maximum absolute atomic E-state index is 14.5. The Balaban J connectivity index is 1.74. The molecule has 0 unspecified atom stereocenters. The molecule has 596 valence electrons. The van der Waals surface area contributed by atoms with Gasteiger partial charge in [0.1, 0.15) is 48.7 Å². The van der Waals surface area contributed by atoms with Gasteiger partial charge in [-0.15, -0.1) is 0 Å². The summed E-state index contributed by atoms with van der Waals surface area (Å²) in [6.07, 6.45) is -5.66. The number of ether oxygens (including phenoxy) is 6. The summed E-state index contributed by atoms with van der Waals surface area (Å²) in [5.74, 6) is -12.7. The molecule has 0 saturated heterocycles. The van der Waals surface area contributed by atoms with Crippen molar-refractivity contribution in [3.8, 4) is 0 Å². The number of nitrogens with one attached hydrogen (secondary N) is 9. The lowest BCUT2D eigenvalue weighted by atomic mass is 9.96. The minimum absolute atomic E-state index is 0.115. The quantitative estimate of drug-likeness (QED) is 0.0146. The summed E-state index contributed by atoms with van der Waals surface area (Å²) in [7, 11) is 5.03. The third-order valence-corrected chi connectivity index (χ3v) is 17.3. The van der Waals surface area contributed by atoms with Crippen LogP contribution < -0.4 is 53.6 Å². The van der Waals surface area contributed by atoms with Gasteiger partial charge in [0.2, 0.25) is 41.4 Å². The van der Waals surface area contributed by atoms with Crippen molar-refractivity contribution in [1.29, 1.82) is 0 Å². The lowest BCUT2D eigenvalue weighted by molar-refractivity contribution is -0.167. The van der Waals surface area contributed by atoms with Crippen LogP contribution in [0.3, 0.4) is 0 Å². The molecule has 2 aromatic carbocycles. The van der Waals surface area contributed by atoms with Crippen LogP contribution in [0.25, 0.3) is 0 Å². The van der Waals surface area contributed by atoms with Gasteiger partial charge >= 0.3 is 30.1 Å². The lowest BCUT2D eigenvalue weighted by Crippen LogP contribution is -2.61. The molecular weight excluding hydrogens is 1410 g/mol. The lowest BCUT2D eigenvalue weighted by Gasteiger charge is -2.34. The van der Waals surface area contributed by atoms with Gasteiger partial charge in [0.25, 0.3) is 23.6 Å². The van der Waals surface area contributed by atoms with Gasteiger partial charge in [-0.2, -0.15) is 0 Å². The normalized spacial score (nSPS) is 15.1. The molecule has 12 atom stereocenters. The molecule has 108 heavy (non-hydrogen) atoms. The van der Waals surface area contributed by atoms with E-state index in [1.54, 1.807) is 77.1 Å². The van der Waals surface area contributed by atoms with Gasteiger partial charge in [0, 0.05) is 98.0 Å². The molecule has 35 heteroatoms. The number of esters is 3. The molecule has 13 amide bonds. The van der Waals surface area contributed by atoms with E-state index in [4.69, 9.17) is 34.2 Å². The number of nitrogens with zero attached hydrogens (tertiary/aromatic N) is 3. The van der Waals surface area contributed by atoms with E-state index >= 15 is 0 Å². The number of carbonyl (C=O) groups excluding carboxylic acids is 16. The van der Waals surface area contributed by atoms with Crippen molar-refractivity contribution in [3.63, 3.8) is 0 Å². The van der Waals surface area contributed by atoms with Gasteiger partial charge in [-0.25, -0.2) is 19.2 Å². The number of methoxy groups -OCH3 is 1. The van der Waals surface area contributed by atoms with E-state index in [0.29, 0.717) is 23.2 Å². The molecule has 0 radical (unpaired) electrons. The third kappa shape index (κ3) is 29.8. The zero-order chi connectivity index (χ0) is 81.4. The maximum atomic E-state index is 14.5. The Bertz CT molecular complexity index is 3520. The van der Waals surface area contributed by atoms with E-state index in [-0.39, 0.29) is 64.3 Å². The molecular formula is C73H107N13O22. The Kier molecular flexibility index (Phi) is 38.0. The van der Waals surface area contributed by atoms with Gasteiger partial charge in [-0.3, -0.25) is 62.4 Å². The molecule has 0 bridgehead atoms. The maximum Gasteiger partial charge on any atom is 0.508 e. The highest BCUT2D eigenvalue weighted by atomic mass is 16.7. The summed E-state index contributed by atoms with van der Waals surface area (Å²) in [6.45, 7) is 21.7. The number of benzene rings is 2.